The van der Waals surface area contributed by atoms with Gasteiger partial charge in [-0.3, -0.25) is 0 Å². The van der Waals surface area contributed by atoms with E-state index in [1.165, 1.54) is 4.31 Å². The highest BCUT2D eigenvalue weighted by Crippen LogP contribution is 2.32. The smallest absolute Gasteiger partial charge is 0.243 e. The molecule has 1 saturated heterocycles. The molecule has 0 bridgehead atoms. The van der Waals surface area contributed by atoms with Crippen molar-refractivity contribution in [3.05, 3.63) is 18.2 Å². The Kier molecular flexibility index (Phi) is 4.05. The Labute approximate surface area is 125 Å². The number of fused-ring (bicyclic) bond motifs is 1. The van der Waals surface area contributed by atoms with Crippen LogP contribution < -0.4 is 10.1 Å². The van der Waals surface area contributed by atoms with Crippen molar-refractivity contribution in [1.82, 2.24) is 4.31 Å². The molecule has 0 radical (unpaired) electrons. The lowest BCUT2D eigenvalue weighted by molar-refractivity contribution is 0.0730. The van der Waals surface area contributed by atoms with Crippen LogP contribution in [0.3, 0.4) is 0 Å². The third kappa shape index (κ3) is 2.86. The summed E-state index contributed by atoms with van der Waals surface area (Å²) in [6.07, 6.45) is 1.06. The third-order valence-corrected chi connectivity index (χ3v) is 5.72. The van der Waals surface area contributed by atoms with Gasteiger partial charge in [-0.25, -0.2) is 8.42 Å². The normalized spacial score (nSPS) is 23.0. The fourth-order valence-corrected chi connectivity index (χ4v) is 3.95. The molecule has 1 atom stereocenters. The van der Waals surface area contributed by atoms with E-state index in [1.807, 2.05) is 0 Å². The van der Waals surface area contributed by atoms with E-state index in [9.17, 15) is 8.42 Å². The minimum Gasteiger partial charge on any atom is -0.486 e. The first kappa shape index (κ1) is 14.6. The van der Waals surface area contributed by atoms with Gasteiger partial charge in [0.05, 0.1) is 30.3 Å². The lowest BCUT2D eigenvalue weighted by Gasteiger charge is -2.29. The summed E-state index contributed by atoms with van der Waals surface area (Å²) < 4.78 is 37.7. The molecule has 21 heavy (non-hydrogen) atoms. The van der Waals surface area contributed by atoms with Crippen LogP contribution in [-0.2, 0) is 14.8 Å². The summed E-state index contributed by atoms with van der Waals surface area (Å²) >= 11 is 0. The summed E-state index contributed by atoms with van der Waals surface area (Å²) in [5, 5.41) is 3.25. The Morgan fingerprint density at radius 1 is 1.33 bits per heavy atom. The molecule has 0 amide bonds. The van der Waals surface area contributed by atoms with Crippen molar-refractivity contribution >= 4 is 15.7 Å². The molecule has 1 N–H and O–H groups in total. The molecule has 1 aromatic rings. The maximum atomic E-state index is 12.6. The molecule has 0 aromatic heterocycles. The third-order valence-electron chi connectivity index (χ3n) is 3.83. The average molecular weight is 312 g/mol. The predicted molar refractivity (Wildman–Crippen MR) is 79.2 cm³/mol. The van der Waals surface area contributed by atoms with E-state index < -0.39 is 10.0 Å². The Hall–Kier alpha value is -1.31. The van der Waals surface area contributed by atoms with Gasteiger partial charge in [-0.1, -0.05) is 6.92 Å². The van der Waals surface area contributed by atoms with Crippen LogP contribution in [0.15, 0.2) is 23.1 Å². The quantitative estimate of drug-likeness (QED) is 0.911. The summed E-state index contributed by atoms with van der Waals surface area (Å²) in [6.45, 7) is 4.47. The first-order valence-electron chi connectivity index (χ1n) is 7.23. The summed E-state index contributed by atoms with van der Waals surface area (Å²) in [5.41, 5.74) is 0.744. The molecule has 0 aliphatic carbocycles. The molecule has 6 nitrogen and oxygen atoms in total. The molecule has 1 unspecified atom stereocenters. The number of nitrogens with one attached hydrogen (secondary N) is 1. The highest BCUT2D eigenvalue weighted by molar-refractivity contribution is 7.89. The average Bonchev–Trinajstić information content (AvgIpc) is 2.54. The van der Waals surface area contributed by atoms with Crippen molar-refractivity contribution in [1.29, 1.82) is 0 Å². The number of morpholine rings is 1. The number of benzene rings is 1. The van der Waals surface area contributed by atoms with Crippen LogP contribution in [0.25, 0.3) is 0 Å². The van der Waals surface area contributed by atoms with Gasteiger partial charge in [0.2, 0.25) is 10.0 Å². The van der Waals surface area contributed by atoms with E-state index in [-0.39, 0.29) is 6.10 Å². The number of ether oxygens (including phenoxy) is 2. The van der Waals surface area contributed by atoms with Gasteiger partial charge < -0.3 is 14.8 Å². The molecule has 1 aromatic carbocycles. The van der Waals surface area contributed by atoms with Crippen molar-refractivity contribution in [3.63, 3.8) is 0 Å². The second-order valence-corrected chi connectivity index (χ2v) is 7.14. The first-order valence-corrected chi connectivity index (χ1v) is 8.67. The second-order valence-electron chi connectivity index (χ2n) is 5.20. The molecule has 7 heteroatoms. The van der Waals surface area contributed by atoms with Crippen LogP contribution >= 0.6 is 0 Å². The predicted octanol–water partition coefficient (Wildman–Crippen LogP) is 1.29. The van der Waals surface area contributed by atoms with E-state index in [0.717, 1.165) is 12.1 Å². The Morgan fingerprint density at radius 2 is 2.10 bits per heavy atom. The van der Waals surface area contributed by atoms with Gasteiger partial charge in [-0.15, -0.1) is 0 Å². The largest absolute Gasteiger partial charge is 0.486 e. The lowest BCUT2D eigenvalue weighted by Crippen LogP contribution is -2.40. The van der Waals surface area contributed by atoms with Gasteiger partial charge in [0.25, 0.3) is 0 Å². The molecular weight excluding hydrogens is 292 g/mol. The molecule has 116 valence electrons. The number of rotatable bonds is 3. The number of hydrogen-bond donors (Lipinski definition) is 1. The summed E-state index contributed by atoms with van der Waals surface area (Å²) in [7, 11) is -3.46. The topological polar surface area (TPSA) is 67.9 Å². The van der Waals surface area contributed by atoms with Crippen molar-refractivity contribution in [2.75, 3.05) is 38.2 Å². The van der Waals surface area contributed by atoms with E-state index in [1.54, 1.807) is 18.2 Å². The van der Waals surface area contributed by atoms with Crippen LogP contribution in [0.5, 0.6) is 5.75 Å². The number of nitrogens with zero attached hydrogens (tertiary/aromatic N) is 1. The number of hydrogen-bond acceptors (Lipinski definition) is 5. The van der Waals surface area contributed by atoms with E-state index in [0.29, 0.717) is 43.5 Å². The summed E-state index contributed by atoms with van der Waals surface area (Å²) in [5.74, 6) is 0.717. The van der Waals surface area contributed by atoms with Gasteiger partial charge >= 0.3 is 0 Å². The standard InChI is InChI=1S/C14H20N2O4S/c1-2-11-10-15-13-9-12(3-4-14(13)20-11)21(17,18)16-5-7-19-8-6-16/h3-4,9,11,15H,2,5-8,10H2,1H3. The fourth-order valence-electron chi connectivity index (χ4n) is 2.52. The maximum Gasteiger partial charge on any atom is 0.243 e. The Balaban J connectivity index is 1.86. The molecule has 2 aliphatic heterocycles. The minimum atomic E-state index is -3.46. The van der Waals surface area contributed by atoms with Gasteiger partial charge in [-0.2, -0.15) is 4.31 Å². The van der Waals surface area contributed by atoms with E-state index in [4.69, 9.17) is 9.47 Å². The molecule has 0 saturated carbocycles. The highest BCUT2D eigenvalue weighted by Gasteiger charge is 2.28. The van der Waals surface area contributed by atoms with E-state index in [2.05, 4.69) is 12.2 Å². The van der Waals surface area contributed by atoms with Gasteiger partial charge in [-0.05, 0) is 24.6 Å². The second kappa shape index (κ2) is 5.82. The van der Waals surface area contributed by atoms with Gasteiger partial charge in [0.15, 0.2) is 0 Å². The van der Waals surface area contributed by atoms with E-state index >= 15 is 0 Å². The van der Waals surface area contributed by atoms with Crippen LogP contribution in [-0.4, -0.2) is 51.7 Å². The molecular formula is C14H20N2O4S. The molecule has 0 spiro atoms. The molecule has 2 aliphatic rings. The monoisotopic (exact) mass is 312 g/mol. The number of anilines is 1. The zero-order valence-electron chi connectivity index (χ0n) is 12.0. The zero-order valence-corrected chi connectivity index (χ0v) is 12.9. The lowest BCUT2D eigenvalue weighted by atomic mass is 10.2. The van der Waals surface area contributed by atoms with Crippen LogP contribution in [0.2, 0.25) is 0 Å². The summed E-state index contributed by atoms with van der Waals surface area (Å²) in [4.78, 5) is 0.300. The van der Waals surface area contributed by atoms with Gasteiger partial charge in [0.1, 0.15) is 11.9 Å². The van der Waals surface area contributed by atoms with Crippen molar-refractivity contribution in [2.45, 2.75) is 24.3 Å². The van der Waals surface area contributed by atoms with Crippen molar-refractivity contribution < 1.29 is 17.9 Å². The molecule has 1 fully saturated rings. The first-order chi connectivity index (χ1) is 10.1. The Bertz CT molecular complexity index is 611. The van der Waals surface area contributed by atoms with Gasteiger partial charge in [0, 0.05) is 13.1 Å². The highest BCUT2D eigenvalue weighted by atomic mass is 32.2. The van der Waals surface area contributed by atoms with Crippen molar-refractivity contribution in [2.24, 2.45) is 0 Å². The maximum absolute atomic E-state index is 12.6. The minimum absolute atomic E-state index is 0.138. The Morgan fingerprint density at radius 3 is 2.81 bits per heavy atom. The SMILES string of the molecule is CCC1CNc2cc(S(=O)(=O)N3CCOCC3)ccc2O1. The van der Waals surface area contributed by atoms with Crippen LogP contribution in [0.1, 0.15) is 13.3 Å². The molecule has 2 heterocycles. The zero-order chi connectivity index (χ0) is 14.9. The van der Waals surface area contributed by atoms with Crippen LogP contribution in [0, 0.1) is 0 Å². The number of sulfonamides is 1. The van der Waals surface area contributed by atoms with Crippen LogP contribution in [0.4, 0.5) is 5.69 Å². The molecule has 3 rings (SSSR count). The van der Waals surface area contributed by atoms with Crippen molar-refractivity contribution in [3.8, 4) is 5.75 Å². The summed E-state index contributed by atoms with van der Waals surface area (Å²) in [6, 6.07) is 5.01. The fraction of sp³-hybridized carbons (Fsp3) is 0.571.